The second-order valence-corrected chi connectivity index (χ2v) is 5.36. The number of nitrogens with zero attached hydrogens (tertiary/aromatic N) is 5. The smallest absolute Gasteiger partial charge is 0.305 e. The number of aromatic nitrogens is 4. The van der Waals surface area contributed by atoms with Crippen molar-refractivity contribution in [3.8, 4) is 0 Å². The molecule has 0 unspecified atom stereocenters. The number of carboxylic acid groups (broad SMARTS) is 1. The number of carbonyl (C=O) groups excluding carboxylic acids is 1. The molecule has 0 saturated carbocycles. The summed E-state index contributed by atoms with van der Waals surface area (Å²) in [7, 11) is 1.71. The molecular formula is C15H21N5O3. The number of aliphatic carboxylic acids is 1. The fourth-order valence-electron chi connectivity index (χ4n) is 2.21. The van der Waals surface area contributed by atoms with E-state index in [0.29, 0.717) is 12.2 Å². The van der Waals surface area contributed by atoms with Gasteiger partial charge >= 0.3 is 5.97 Å². The number of hydrogen-bond acceptors (Lipinski definition) is 4. The van der Waals surface area contributed by atoms with Crippen LogP contribution in [0.15, 0.2) is 18.5 Å². The molecule has 124 valence electrons. The van der Waals surface area contributed by atoms with E-state index >= 15 is 0 Å². The van der Waals surface area contributed by atoms with Crippen molar-refractivity contribution >= 4 is 11.9 Å². The Balaban J connectivity index is 2.01. The van der Waals surface area contributed by atoms with Gasteiger partial charge in [0.1, 0.15) is 5.69 Å². The quantitative estimate of drug-likeness (QED) is 0.826. The maximum Gasteiger partial charge on any atom is 0.305 e. The minimum Gasteiger partial charge on any atom is -0.481 e. The van der Waals surface area contributed by atoms with E-state index in [4.69, 9.17) is 5.11 Å². The molecule has 0 aliphatic carbocycles. The van der Waals surface area contributed by atoms with Crippen LogP contribution in [0.4, 0.5) is 0 Å². The zero-order chi connectivity index (χ0) is 17.0. The lowest BCUT2D eigenvalue weighted by atomic mass is 10.2. The van der Waals surface area contributed by atoms with Crippen molar-refractivity contribution in [1.29, 1.82) is 0 Å². The van der Waals surface area contributed by atoms with Crippen molar-refractivity contribution in [2.75, 3.05) is 7.05 Å². The van der Waals surface area contributed by atoms with Gasteiger partial charge in [0.15, 0.2) is 0 Å². The maximum atomic E-state index is 12.4. The van der Waals surface area contributed by atoms with Crippen LogP contribution in [-0.4, -0.2) is 48.5 Å². The van der Waals surface area contributed by atoms with E-state index in [-0.39, 0.29) is 18.9 Å². The van der Waals surface area contributed by atoms with Crippen LogP contribution >= 0.6 is 0 Å². The number of carboxylic acids is 1. The molecule has 1 amide bonds. The molecule has 2 rings (SSSR count). The summed E-state index contributed by atoms with van der Waals surface area (Å²) >= 11 is 0. The molecule has 23 heavy (non-hydrogen) atoms. The third-order valence-electron chi connectivity index (χ3n) is 3.54. The molecule has 2 aromatic heterocycles. The number of carbonyl (C=O) groups is 2. The highest BCUT2D eigenvalue weighted by Crippen LogP contribution is 2.11. The van der Waals surface area contributed by atoms with Crippen LogP contribution in [0.3, 0.4) is 0 Å². The number of aryl methyl sites for hydroxylation is 3. The topological polar surface area (TPSA) is 93.2 Å². The van der Waals surface area contributed by atoms with Crippen molar-refractivity contribution in [2.24, 2.45) is 0 Å². The van der Waals surface area contributed by atoms with Crippen LogP contribution in [0.2, 0.25) is 0 Å². The second kappa shape index (κ2) is 7.08. The fraction of sp³-hybridized carbons (Fsp3) is 0.467. The highest BCUT2D eigenvalue weighted by atomic mass is 16.4. The summed E-state index contributed by atoms with van der Waals surface area (Å²) < 4.78 is 3.30. The molecule has 0 aliphatic rings. The second-order valence-electron chi connectivity index (χ2n) is 5.36. The minimum atomic E-state index is -0.895. The largest absolute Gasteiger partial charge is 0.481 e. The lowest BCUT2D eigenvalue weighted by Gasteiger charge is -2.15. The Morgan fingerprint density at radius 2 is 2.04 bits per heavy atom. The predicted molar refractivity (Wildman–Crippen MR) is 82.9 cm³/mol. The van der Waals surface area contributed by atoms with Crippen molar-refractivity contribution in [1.82, 2.24) is 24.5 Å². The van der Waals surface area contributed by atoms with Crippen LogP contribution in [-0.2, 0) is 24.4 Å². The summed E-state index contributed by atoms with van der Waals surface area (Å²) in [4.78, 5) is 24.5. The van der Waals surface area contributed by atoms with Crippen molar-refractivity contribution in [3.05, 3.63) is 35.4 Å². The lowest BCUT2D eigenvalue weighted by molar-refractivity contribution is -0.137. The molecule has 0 atom stereocenters. The van der Waals surface area contributed by atoms with Crippen molar-refractivity contribution < 1.29 is 14.7 Å². The monoisotopic (exact) mass is 319 g/mol. The Labute approximate surface area is 134 Å². The first kappa shape index (κ1) is 16.7. The van der Waals surface area contributed by atoms with Crippen LogP contribution < -0.4 is 0 Å². The van der Waals surface area contributed by atoms with E-state index in [2.05, 4.69) is 10.2 Å². The third kappa shape index (κ3) is 4.18. The summed E-state index contributed by atoms with van der Waals surface area (Å²) in [6, 6.07) is 1.60. The highest BCUT2D eigenvalue weighted by Gasteiger charge is 2.17. The number of hydrogen-bond donors (Lipinski definition) is 1. The molecule has 0 saturated heterocycles. The third-order valence-corrected chi connectivity index (χ3v) is 3.54. The van der Waals surface area contributed by atoms with E-state index in [1.165, 1.54) is 4.68 Å². The summed E-state index contributed by atoms with van der Waals surface area (Å²) in [6.45, 7) is 5.41. The van der Waals surface area contributed by atoms with Crippen molar-refractivity contribution in [2.45, 2.75) is 39.9 Å². The Morgan fingerprint density at radius 3 is 2.65 bits per heavy atom. The summed E-state index contributed by atoms with van der Waals surface area (Å²) in [5.74, 6) is -1.10. The molecule has 2 aromatic rings. The van der Waals surface area contributed by atoms with Gasteiger partial charge in [-0.1, -0.05) is 0 Å². The van der Waals surface area contributed by atoms with Gasteiger partial charge in [-0.05, 0) is 19.9 Å². The summed E-state index contributed by atoms with van der Waals surface area (Å²) in [5, 5.41) is 17.2. The first-order valence-electron chi connectivity index (χ1n) is 7.44. The molecule has 0 aliphatic heterocycles. The zero-order valence-electron chi connectivity index (χ0n) is 13.6. The Hall–Kier alpha value is -2.64. The molecule has 0 radical (unpaired) electrons. The van der Waals surface area contributed by atoms with Gasteiger partial charge in [0, 0.05) is 38.1 Å². The average Bonchev–Trinajstić information content (AvgIpc) is 3.11. The average molecular weight is 319 g/mol. The van der Waals surface area contributed by atoms with E-state index in [1.54, 1.807) is 24.2 Å². The van der Waals surface area contributed by atoms with Gasteiger partial charge in [-0.15, -0.1) is 0 Å². The Morgan fingerprint density at radius 1 is 1.30 bits per heavy atom. The molecule has 0 aromatic carbocycles. The van der Waals surface area contributed by atoms with Crippen LogP contribution in [0.25, 0.3) is 0 Å². The Kier molecular flexibility index (Phi) is 5.15. The van der Waals surface area contributed by atoms with Gasteiger partial charge in [0.25, 0.3) is 5.91 Å². The Bertz CT molecular complexity index is 704. The van der Waals surface area contributed by atoms with Gasteiger partial charge in [-0.2, -0.15) is 10.2 Å². The molecule has 8 heteroatoms. The highest BCUT2D eigenvalue weighted by molar-refractivity contribution is 5.92. The molecule has 0 bridgehead atoms. The first-order valence-corrected chi connectivity index (χ1v) is 7.44. The molecule has 8 nitrogen and oxygen atoms in total. The number of amides is 1. The van der Waals surface area contributed by atoms with E-state index in [9.17, 15) is 9.59 Å². The maximum absolute atomic E-state index is 12.4. The van der Waals surface area contributed by atoms with E-state index in [0.717, 1.165) is 17.8 Å². The molecular weight excluding hydrogens is 298 g/mol. The van der Waals surface area contributed by atoms with Crippen molar-refractivity contribution in [3.63, 3.8) is 0 Å². The SMILES string of the molecule is CCn1cc(CN(C)C(=O)c2ccn(CCC(=O)O)n2)c(C)n1. The van der Waals surface area contributed by atoms with Gasteiger partial charge in [-0.3, -0.25) is 19.0 Å². The van der Waals surface area contributed by atoms with Gasteiger partial charge in [0.2, 0.25) is 0 Å². The fourth-order valence-corrected chi connectivity index (χ4v) is 2.21. The standard InChI is InChI=1S/C15H21N5O3/c1-4-19-10-12(11(2)16-19)9-18(3)15(23)13-5-7-20(17-13)8-6-14(21)22/h5,7,10H,4,6,8-9H2,1-3H3,(H,21,22). The normalized spacial score (nSPS) is 10.7. The van der Waals surface area contributed by atoms with Gasteiger partial charge in [0.05, 0.1) is 18.7 Å². The molecule has 2 heterocycles. The zero-order valence-corrected chi connectivity index (χ0v) is 13.6. The molecule has 1 N–H and O–H groups in total. The van der Waals surface area contributed by atoms with Gasteiger partial charge in [-0.25, -0.2) is 0 Å². The van der Waals surface area contributed by atoms with E-state index < -0.39 is 5.97 Å². The molecule has 0 spiro atoms. The minimum absolute atomic E-state index is 0.0272. The van der Waals surface area contributed by atoms with E-state index in [1.807, 2.05) is 24.7 Å². The summed E-state index contributed by atoms with van der Waals surface area (Å²) in [5.41, 5.74) is 2.20. The summed E-state index contributed by atoms with van der Waals surface area (Å²) in [6.07, 6.45) is 3.52. The first-order chi connectivity index (χ1) is 10.9. The lowest BCUT2D eigenvalue weighted by Crippen LogP contribution is -2.27. The van der Waals surface area contributed by atoms with Crippen LogP contribution in [0, 0.1) is 6.92 Å². The number of rotatable bonds is 7. The molecule has 0 fully saturated rings. The predicted octanol–water partition coefficient (Wildman–Crippen LogP) is 1.15. The van der Waals surface area contributed by atoms with Crippen LogP contribution in [0.5, 0.6) is 0 Å². The van der Waals surface area contributed by atoms with Gasteiger partial charge < -0.3 is 10.0 Å². The van der Waals surface area contributed by atoms with Crippen LogP contribution in [0.1, 0.15) is 35.1 Å².